The second-order valence-corrected chi connectivity index (χ2v) is 2.50. The third kappa shape index (κ3) is 2.93. The smallest absolute Gasteiger partial charge is 0.307 e. The third-order valence-electron chi connectivity index (χ3n) is 1.60. The fourth-order valence-corrected chi connectivity index (χ4v) is 0.971. The average Bonchev–Trinajstić information content (AvgIpc) is 1.93. The minimum atomic E-state index is -0.778. The summed E-state index contributed by atoms with van der Waals surface area (Å²) in [5.74, 6) is -0.778. The molecular weight excluding hydrogens is 176 g/mol. The summed E-state index contributed by atoms with van der Waals surface area (Å²) >= 11 is 0. The molecule has 0 unspecified atom stereocenters. The van der Waals surface area contributed by atoms with Gasteiger partial charge in [0, 0.05) is 0 Å². The molecule has 0 heterocycles. The third-order valence-corrected chi connectivity index (χ3v) is 1.60. The van der Waals surface area contributed by atoms with Crippen molar-refractivity contribution in [3.63, 3.8) is 0 Å². The lowest BCUT2D eigenvalue weighted by molar-refractivity contribution is -0.136. The summed E-state index contributed by atoms with van der Waals surface area (Å²) in [4.78, 5) is 10.3. The van der Waals surface area contributed by atoms with Gasteiger partial charge in [-0.15, -0.1) is 12.4 Å². The van der Waals surface area contributed by atoms with Crippen molar-refractivity contribution in [2.24, 2.45) is 0 Å². The van der Waals surface area contributed by atoms with Crippen molar-refractivity contribution in [3.05, 3.63) is 35.4 Å². The molecule has 0 atom stereocenters. The zero-order chi connectivity index (χ0) is 8.27. The molecule has 0 aliphatic carbocycles. The van der Waals surface area contributed by atoms with Gasteiger partial charge in [0.05, 0.1) is 6.42 Å². The summed E-state index contributed by atoms with van der Waals surface area (Å²) in [6, 6.07) is 7.51. The fourth-order valence-electron chi connectivity index (χ4n) is 0.971. The summed E-state index contributed by atoms with van der Waals surface area (Å²) in [5.41, 5.74) is 1.93. The Bertz CT molecular complexity index is 271. The maximum Gasteiger partial charge on any atom is 0.307 e. The van der Waals surface area contributed by atoms with Gasteiger partial charge in [-0.2, -0.15) is 0 Å². The molecule has 1 rings (SSSR count). The van der Waals surface area contributed by atoms with E-state index in [1.807, 2.05) is 31.2 Å². The van der Waals surface area contributed by atoms with Crippen molar-refractivity contribution in [2.45, 2.75) is 13.3 Å². The van der Waals surface area contributed by atoms with E-state index in [1.54, 1.807) is 0 Å². The van der Waals surface area contributed by atoms with Gasteiger partial charge in [0.15, 0.2) is 0 Å². The van der Waals surface area contributed by atoms with Crippen molar-refractivity contribution in [3.8, 4) is 0 Å². The van der Waals surface area contributed by atoms with Gasteiger partial charge in [-0.1, -0.05) is 24.3 Å². The van der Waals surface area contributed by atoms with Crippen molar-refractivity contribution >= 4 is 18.4 Å². The van der Waals surface area contributed by atoms with Gasteiger partial charge in [0.1, 0.15) is 0 Å². The van der Waals surface area contributed by atoms with E-state index in [2.05, 4.69) is 0 Å². The van der Waals surface area contributed by atoms with Crippen molar-refractivity contribution < 1.29 is 9.90 Å². The number of aliphatic carboxylic acids is 1. The molecule has 0 saturated carbocycles. The van der Waals surface area contributed by atoms with Crippen LogP contribution in [0.15, 0.2) is 24.3 Å². The van der Waals surface area contributed by atoms with Crippen LogP contribution in [0, 0.1) is 6.92 Å². The zero-order valence-corrected chi connectivity index (χ0v) is 7.60. The van der Waals surface area contributed by atoms with Crippen LogP contribution in [-0.4, -0.2) is 11.1 Å². The van der Waals surface area contributed by atoms with E-state index in [0.717, 1.165) is 11.1 Å². The van der Waals surface area contributed by atoms with Crippen LogP contribution in [0.1, 0.15) is 11.1 Å². The van der Waals surface area contributed by atoms with E-state index >= 15 is 0 Å². The Morgan fingerprint density at radius 2 is 2.00 bits per heavy atom. The molecule has 66 valence electrons. The monoisotopic (exact) mass is 186 g/mol. The highest BCUT2D eigenvalue weighted by molar-refractivity contribution is 5.85. The van der Waals surface area contributed by atoms with Crippen LogP contribution < -0.4 is 0 Å². The summed E-state index contributed by atoms with van der Waals surface area (Å²) < 4.78 is 0. The molecule has 1 aromatic rings. The Balaban J connectivity index is 0.00000121. The second-order valence-electron chi connectivity index (χ2n) is 2.50. The summed E-state index contributed by atoms with van der Waals surface area (Å²) in [6.45, 7) is 1.91. The van der Waals surface area contributed by atoms with Crippen LogP contribution in [0.3, 0.4) is 0 Å². The van der Waals surface area contributed by atoms with Crippen molar-refractivity contribution in [1.82, 2.24) is 0 Å². The van der Waals surface area contributed by atoms with Gasteiger partial charge in [0.25, 0.3) is 0 Å². The van der Waals surface area contributed by atoms with Gasteiger partial charge in [0.2, 0.25) is 0 Å². The normalized spacial score (nSPS) is 8.75. The van der Waals surface area contributed by atoms with Gasteiger partial charge < -0.3 is 5.11 Å². The summed E-state index contributed by atoms with van der Waals surface area (Å²) in [5, 5.41) is 8.49. The maximum atomic E-state index is 10.3. The molecule has 0 saturated heterocycles. The Morgan fingerprint density at radius 1 is 1.42 bits per heavy atom. The average molecular weight is 187 g/mol. The van der Waals surface area contributed by atoms with E-state index in [-0.39, 0.29) is 18.8 Å². The van der Waals surface area contributed by atoms with E-state index in [4.69, 9.17) is 5.11 Å². The Labute approximate surface area is 77.6 Å². The summed E-state index contributed by atoms with van der Waals surface area (Å²) in [7, 11) is 0. The molecule has 2 nitrogen and oxygen atoms in total. The second kappa shape index (κ2) is 4.78. The number of halogens is 1. The number of carboxylic acids is 1. The number of hydrogen-bond donors (Lipinski definition) is 1. The lowest BCUT2D eigenvalue weighted by Gasteiger charge is -1.99. The zero-order valence-electron chi connectivity index (χ0n) is 6.78. The number of aryl methyl sites for hydroxylation is 1. The Morgan fingerprint density at radius 3 is 2.50 bits per heavy atom. The molecule has 1 aromatic carbocycles. The van der Waals surface area contributed by atoms with Crippen molar-refractivity contribution in [2.75, 3.05) is 0 Å². The number of hydrogen-bond acceptors (Lipinski definition) is 1. The standard InChI is InChI=1S/C9H10O2.ClH/c1-7-4-2-3-5-8(7)6-9(10)11;/h2-5H,6H2,1H3,(H,10,11);1H. The van der Waals surface area contributed by atoms with E-state index in [9.17, 15) is 4.79 Å². The molecule has 0 bridgehead atoms. The quantitative estimate of drug-likeness (QED) is 0.768. The Hall–Kier alpha value is -1.02. The number of carbonyl (C=O) groups is 1. The molecule has 0 spiro atoms. The molecule has 12 heavy (non-hydrogen) atoms. The minimum Gasteiger partial charge on any atom is -0.481 e. The first-order valence-corrected chi connectivity index (χ1v) is 3.46. The predicted molar refractivity (Wildman–Crippen MR) is 49.8 cm³/mol. The molecule has 0 aliphatic rings. The van der Waals surface area contributed by atoms with E-state index < -0.39 is 5.97 Å². The van der Waals surface area contributed by atoms with Crippen LogP contribution in [0.2, 0.25) is 0 Å². The van der Waals surface area contributed by atoms with Gasteiger partial charge in [-0.3, -0.25) is 4.79 Å². The number of rotatable bonds is 2. The molecule has 0 fully saturated rings. The number of benzene rings is 1. The van der Waals surface area contributed by atoms with Crippen LogP contribution in [0.4, 0.5) is 0 Å². The van der Waals surface area contributed by atoms with Crippen LogP contribution in [0.5, 0.6) is 0 Å². The topological polar surface area (TPSA) is 37.3 Å². The predicted octanol–water partition coefficient (Wildman–Crippen LogP) is 2.04. The molecule has 1 N–H and O–H groups in total. The molecular formula is C9H11ClO2. The minimum absolute atomic E-state index is 0. The van der Waals surface area contributed by atoms with Gasteiger partial charge in [-0.25, -0.2) is 0 Å². The highest BCUT2D eigenvalue weighted by Crippen LogP contribution is 2.06. The Kier molecular flexibility index (Phi) is 4.37. The maximum absolute atomic E-state index is 10.3. The fraction of sp³-hybridized carbons (Fsp3) is 0.222. The first kappa shape index (κ1) is 11.0. The van der Waals surface area contributed by atoms with Crippen LogP contribution >= 0.6 is 12.4 Å². The largest absolute Gasteiger partial charge is 0.481 e. The van der Waals surface area contributed by atoms with E-state index in [1.165, 1.54) is 0 Å². The van der Waals surface area contributed by atoms with Gasteiger partial charge >= 0.3 is 5.97 Å². The van der Waals surface area contributed by atoms with Crippen LogP contribution in [-0.2, 0) is 11.2 Å². The highest BCUT2D eigenvalue weighted by Gasteiger charge is 2.01. The first-order chi connectivity index (χ1) is 5.20. The lowest BCUT2D eigenvalue weighted by Crippen LogP contribution is -2.01. The van der Waals surface area contributed by atoms with E-state index in [0.29, 0.717) is 0 Å². The molecule has 0 amide bonds. The molecule has 0 aromatic heterocycles. The van der Waals surface area contributed by atoms with Gasteiger partial charge in [-0.05, 0) is 18.1 Å². The first-order valence-electron chi connectivity index (χ1n) is 3.46. The van der Waals surface area contributed by atoms with Crippen molar-refractivity contribution in [1.29, 1.82) is 0 Å². The lowest BCUT2D eigenvalue weighted by atomic mass is 10.1. The molecule has 0 aliphatic heterocycles. The molecule has 0 radical (unpaired) electrons. The number of carboxylic acid groups (broad SMARTS) is 1. The summed E-state index contributed by atoms with van der Waals surface area (Å²) in [6.07, 6.45) is 0.118. The van der Waals surface area contributed by atoms with Crippen LogP contribution in [0.25, 0.3) is 0 Å². The molecule has 3 heteroatoms. The highest BCUT2D eigenvalue weighted by atomic mass is 35.5. The SMILES string of the molecule is Cc1ccccc1CC(=O)O.Cl.